The van der Waals surface area contributed by atoms with E-state index in [0.717, 1.165) is 36.0 Å². The van der Waals surface area contributed by atoms with Gasteiger partial charge in [-0.2, -0.15) is 5.10 Å². The van der Waals surface area contributed by atoms with Crippen LogP contribution in [0.4, 0.5) is 0 Å². The van der Waals surface area contributed by atoms with E-state index in [4.69, 9.17) is 14.2 Å². The summed E-state index contributed by atoms with van der Waals surface area (Å²) in [5.41, 5.74) is 2.92. The number of pyridine rings is 1. The van der Waals surface area contributed by atoms with Crippen LogP contribution in [0.3, 0.4) is 0 Å². The zero-order chi connectivity index (χ0) is 22.7. The second kappa shape index (κ2) is 9.56. The summed E-state index contributed by atoms with van der Waals surface area (Å²) in [7, 11) is 1.61. The molecule has 0 bridgehead atoms. The zero-order valence-electron chi connectivity index (χ0n) is 19.1. The molecule has 0 spiro atoms. The number of nitrogens with zero attached hydrogens (tertiary/aromatic N) is 3. The van der Waals surface area contributed by atoms with Crippen LogP contribution in [-0.4, -0.2) is 47.1 Å². The van der Waals surface area contributed by atoms with Gasteiger partial charge in [-0.05, 0) is 57.4 Å². The van der Waals surface area contributed by atoms with Crippen molar-refractivity contribution < 1.29 is 19.0 Å². The second-order valence-electron chi connectivity index (χ2n) is 8.33. The Morgan fingerprint density at radius 3 is 2.88 bits per heavy atom. The Kier molecular flexibility index (Phi) is 6.60. The lowest BCUT2D eigenvalue weighted by molar-refractivity contribution is 0.0669. The zero-order valence-corrected chi connectivity index (χ0v) is 19.1. The number of hydrogen-bond donors (Lipinski definition) is 1. The van der Waals surface area contributed by atoms with Gasteiger partial charge in [0.2, 0.25) is 0 Å². The predicted octanol–water partition coefficient (Wildman–Crippen LogP) is 3.82. The van der Waals surface area contributed by atoms with Crippen LogP contribution in [0.15, 0.2) is 30.5 Å². The standard InChI is InChI=1S/C24H30N4O4/c1-15(2)28-23-18(13-26-28)11-20(16(3)27-23)24(29)25-12-17-7-8-21(22(10-17)30-4)32-14-19-6-5-9-31-19/h7-8,10-11,13,15,19H,5-6,9,12,14H2,1-4H3,(H,25,29). The number of hydrogen-bond acceptors (Lipinski definition) is 6. The number of carbonyl (C=O) groups is 1. The maximum absolute atomic E-state index is 12.8. The number of benzene rings is 1. The maximum Gasteiger partial charge on any atom is 0.253 e. The van der Waals surface area contributed by atoms with Crippen LogP contribution in [-0.2, 0) is 11.3 Å². The van der Waals surface area contributed by atoms with Crippen LogP contribution in [0, 0.1) is 6.92 Å². The molecule has 8 nitrogen and oxygen atoms in total. The van der Waals surface area contributed by atoms with Crippen LogP contribution in [0.1, 0.15) is 54.3 Å². The van der Waals surface area contributed by atoms with Gasteiger partial charge >= 0.3 is 0 Å². The van der Waals surface area contributed by atoms with Crippen LogP contribution in [0.5, 0.6) is 11.5 Å². The minimum Gasteiger partial charge on any atom is -0.493 e. The number of methoxy groups -OCH3 is 1. The van der Waals surface area contributed by atoms with Crippen molar-refractivity contribution in [1.29, 1.82) is 0 Å². The number of nitrogens with one attached hydrogen (secondary N) is 1. The lowest BCUT2D eigenvalue weighted by atomic mass is 10.1. The Morgan fingerprint density at radius 2 is 2.16 bits per heavy atom. The Balaban J connectivity index is 1.42. The van der Waals surface area contributed by atoms with Gasteiger partial charge in [-0.1, -0.05) is 6.07 Å². The van der Waals surface area contributed by atoms with Crippen LogP contribution in [0.2, 0.25) is 0 Å². The molecular formula is C24H30N4O4. The van der Waals surface area contributed by atoms with Gasteiger partial charge in [0.15, 0.2) is 17.1 Å². The molecule has 3 aromatic rings. The van der Waals surface area contributed by atoms with Gasteiger partial charge in [0.25, 0.3) is 5.91 Å². The van der Waals surface area contributed by atoms with E-state index in [1.165, 1.54) is 0 Å². The molecule has 3 heterocycles. The van der Waals surface area contributed by atoms with E-state index < -0.39 is 0 Å². The monoisotopic (exact) mass is 438 g/mol. The lowest BCUT2D eigenvalue weighted by Crippen LogP contribution is -2.24. The highest BCUT2D eigenvalue weighted by Crippen LogP contribution is 2.29. The van der Waals surface area contributed by atoms with E-state index in [2.05, 4.69) is 29.2 Å². The van der Waals surface area contributed by atoms with Crippen LogP contribution < -0.4 is 14.8 Å². The molecule has 1 fully saturated rings. The summed E-state index contributed by atoms with van der Waals surface area (Å²) in [6, 6.07) is 7.73. The number of fused-ring (bicyclic) bond motifs is 1. The fraction of sp³-hybridized carbons (Fsp3) is 0.458. The molecule has 1 atom stereocenters. The van der Waals surface area contributed by atoms with Gasteiger partial charge in [0.1, 0.15) is 6.61 Å². The van der Waals surface area contributed by atoms with Crippen molar-refractivity contribution in [2.75, 3.05) is 20.3 Å². The third-order valence-electron chi connectivity index (χ3n) is 5.62. The molecule has 1 aliphatic heterocycles. The molecule has 32 heavy (non-hydrogen) atoms. The first-order valence-electron chi connectivity index (χ1n) is 11.0. The minimum atomic E-state index is -0.174. The Bertz CT molecular complexity index is 1100. The highest BCUT2D eigenvalue weighted by atomic mass is 16.5. The molecular weight excluding hydrogens is 408 g/mol. The van der Waals surface area contributed by atoms with Gasteiger partial charge in [0.05, 0.1) is 30.7 Å². The van der Waals surface area contributed by atoms with Crippen molar-refractivity contribution in [3.8, 4) is 11.5 Å². The number of ether oxygens (including phenoxy) is 3. The molecule has 0 aliphatic carbocycles. The van der Waals surface area contributed by atoms with Crippen molar-refractivity contribution in [2.24, 2.45) is 0 Å². The molecule has 170 valence electrons. The van der Waals surface area contributed by atoms with E-state index in [9.17, 15) is 4.79 Å². The molecule has 1 saturated heterocycles. The fourth-order valence-corrected chi connectivity index (χ4v) is 3.85. The molecule has 4 rings (SSSR count). The third kappa shape index (κ3) is 4.70. The number of carbonyl (C=O) groups excluding carboxylic acids is 1. The SMILES string of the molecule is COc1cc(CNC(=O)c2cc3cnn(C(C)C)c3nc2C)ccc1OCC1CCCO1. The summed E-state index contributed by atoms with van der Waals surface area (Å²) in [5.74, 6) is 1.13. The molecule has 1 aromatic carbocycles. The molecule has 8 heteroatoms. The largest absolute Gasteiger partial charge is 0.493 e. The van der Waals surface area contributed by atoms with Gasteiger partial charge in [-0.3, -0.25) is 4.79 Å². The van der Waals surface area contributed by atoms with Crippen molar-refractivity contribution in [3.63, 3.8) is 0 Å². The van der Waals surface area contributed by atoms with Crippen molar-refractivity contribution >= 4 is 16.9 Å². The Hall–Kier alpha value is -3.13. The molecule has 1 unspecified atom stereocenters. The number of aryl methyl sites for hydroxylation is 1. The first-order valence-corrected chi connectivity index (χ1v) is 11.0. The van der Waals surface area contributed by atoms with Gasteiger partial charge in [-0.25, -0.2) is 9.67 Å². The Labute approximate surface area is 187 Å². The normalized spacial score (nSPS) is 16.0. The van der Waals surface area contributed by atoms with Gasteiger partial charge < -0.3 is 19.5 Å². The molecule has 2 aromatic heterocycles. The summed E-state index contributed by atoms with van der Waals surface area (Å²) in [5, 5.41) is 8.21. The van der Waals surface area contributed by atoms with Gasteiger partial charge in [0, 0.05) is 24.6 Å². The molecule has 1 aliphatic rings. The number of aromatic nitrogens is 3. The summed E-state index contributed by atoms with van der Waals surface area (Å²) in [6.45, 7) is 7.62. The lowest BCUT2D eigenvalue weighted by Gasteiger charge is -2.15. The summed E-state index contributed by atoms with van der Waals surface area (Å²) in [6.07, 6.45) is 3.98. The molecule has 1 amide bonds. The minimum absolute atomic E-state index is 0.139. The number of amides is 1. The van der Waals surface area contributed by atoms with Crippen molar-refractivity contribution in [2.45, 2.75) is 52.3 Å². The molecule has 0 radical (unpaired) electrons. The smallest absolute Gasteiger partial charge is 0.253 e. The summed E-state index contributed by atoms with van der Waals surface area (Å²) in [4.78, 5) is 17.5. The fourth-order valence-electron chi connectivity index (χ4n) is 3.85. The Morgan fingerprint density at radius 1 is 1.31 bits per heavy atom. The van der Waals surface area contributed by atoms with E-state index in [1.807, 2.05) is 35.9 Å². The van der Waals surface area contributed by atoms with Gasteiger partial charge in [-0.15, -0.1) is 0 Å². The van der Waals surface area contributed by atoms with Crippen LogP contribution >= 0.6 is 0 Å². The van der Waals surface area contributed by atoms with E-state index in [-0.39, 0.29) is 18.1 Å². The average molecular weight is 439 g/mol. The number of rotatable bonds is 8. The first kappa shape index (κ1) is 22.1. The highest BCUT2D eigenvalue weighted by molar-refractivity contribution is 5.98. The highest BCUT2D eigenvalue weighted by Gasteiger charge is 2.18. The van der Waals surface area contributed by atoms with Crippen LogP contribution in [0.25, 0.3) is 11.0 Å². The predicted molar refractivity (Wildman–Crippen MR) is 121 cm³/mol. The van der Waals surface area contributed by atoms with E-state index in [0.29, 0.717) is 35.9 Å². The quantitative estimate of drug-likeness (QED) is 0.575. The topological polar surface area (TPSA) is 87.5 Å². The average Bonchev–Trinajstić information content (AvgIpc) is 3.45. The third-order valence-corrected chi connectivity index (χ3v) is 5.62. The summed E-state index contributed by atoms with van der Waals surface area (Å²) < 4.78 is 18.8. The van der Waals surface area contributed by atoms with E-state index >= 15 is 0 Å². The van der Waals surface area contributed by atoms with Crippen molar-refractivity contribution in [3.05, 3.63) is 47.3 Å². The maximum atomic E-state index is 12.8. The summed E-state index contributed by atoms with van der Waals surface area (Å²) >= 11 is 0. The first-order chi connectivity index (χ1) is 15.5. The van der Waals surface area contributed by atoms with Crippen molar-refractivity contribution in [1.82, 2.24) is 20.1 Å². The van der Waals surface area contributed by atoms with E-state index in [1.54, 1.807) is 13.3 Å². The molecule has 0 saturated carbocycles. The second-order valence-corrected chi connectivity index (χ2v) is 8.33. The molecule has 1 N–H and O–H groups in total.